The monoisotopic (exact) mass is 790 g/mol. The maximum Gasteiger partial charge on any atom is 0.309 e. The molecule has 0 spiro atoms. The van der Waals surface area contributed by atoms with Crippen molar-refractivity contribution in [3.8, 4) is 5.75 Å². The van der Waals surface area contributed by atoms with Gasteiger partial charge in [-0.25, -0.2) is 4.99 Å². The Kier molecular flexibility index (Phi) is 12.6. The normalized spacial score (nSPS) is 20.0. The van der Waals surface area contributed by atoms with Gasteiger partial charge in [-0.3, -0.25) is 9.79 Å². The number of carbonyl (C=O) groups excluding carboxylic acids is 1. The number of hydrogen-bond acceptors (Lipinski definition) is 5. The molecule has 7 nitrogen and oxygen atoms in total. The summed E-state index contributed by atoms with van der Waals surface area (Å²) < 4.78 is 10.9. The SMILES string of the molecule is CCC1=C(CC)/C2=C/c3[nH]c(c(CC)c3CC)C(c3ccc(OC)cc3)C3=C(CC)C(CC)C(=N3)/C=c3\[nH]/c(c(CC)c3CC)=C(/c3ccccc3CC(=O)OC)C1=N2. The second-order valence-electron chi connectivity index (χ2n) is 15.7. The number of H-pyrrole nitrogens is 2. The fourth-order valence-electron chi connectivity index (χ4n) is 10.2. The highest BCUT2D eigenvalue weighted by Gasteiger charge is 2.36. The van der Waals surface area contributed by atoms with Gasteiger partial charge in [0, 0.05) is 33.9 Å². The van der Waals surface area contributed by atoms with Crippen molar-refractivity contribution in [1.82, 2.24) is 9.97 Å². The van der Waals surface area contributed by atoms with Gasteiger partial charge in [-0.1, -0.05) is 91.8 Å². The van der Waals surface area contributed by atoms with Crippen LogP contribution in [0.1, 0.15) is 137 Å². The number of nitrogens with zero attached hydrogens (tertiary/aromatic N) is 2. The third-order valence-electron chi connectivity index (χ3n) is 12.9. The Morgan fingerprint density at radius 2 is 1.41 bits per heavy atom. The van der Waals surface area contributed by atoms with Crippen LogP contribution in [0.25, 0.3) is 17.7 Å². The molecule has 2 atom stereocenters. The number of carbonyl (C=O) groups is 1. The standard InChI is InChI=1S/C52H62N4O3/c1-11-33-37(15-5)49-47(30-23-25-32(58-9)26-24-30)50-38(16-6)34(12-2)43(54-50)29-45-36(14-4)40(18-8)52(56-45)48(41-22-20-19-21-31(41)27-46(57)59-10)51-39(17-7)35(13-3)44(55-51)28-42(33)53-49/h19-26,28-29,33,47,54-55H,11-18,27H2,1-10H3/b44-28-,45-29-,51-48-. The molecule has 7 rings (SSSR count). The predicted octanol–water partition coefficient (Wildman–Crippen LogP) is 10.2. The van der Waals surface area contributed by atoms with Crippen LogP contribution in [0.15, 0.2) is 86.6 Å². The van der Waals surface area contributed by atoms with E-state index in [4.69, 9.17) is 19.5 Å². The van der Waals surface area contributed by atoms with Gasteiger partial charge in [0.1, 0.15) is 5.75 Å². The van der Waals surface area contributed by atoms with E-state index < -0.39 is 0 Å². The molecule has 2 unspecified atom stereocenters. The zero-order valence-electron chi connectivity index (χ0n) is 36.9. The average Bonchev–Trinajstić information content (AvgIpc) is 4.00. The van der Waals surface area contributed by atoms with Crippen molar-refractivity contribution < 1.29 is 14.3 Å². The molecule has 0 fully saturated rings. The summed E-state index contributed by atoms with van der Waals surface area (Å²) in [5.41, 5.74) is 19.9. The number of hydrogen-bond donors (Lipinski definition) is 2. The van der Waals surface area contributed by atoms with Crippen molar-refractivity contribution in [2.75, 3.05) is 14.2 Å². The minimum Gasteiger partial charge on any atom is -0.497 e. The predicted molar refractivity (Wildman–Crippen MR) is 244 cm³/mol. The fourth-order valence-corrected chi connectivity index (χ4v) is 10.2. The summed E-state index contributed by atoms with van der Waals surface area (Å²) in [6, 6.07) is 16.9. The molecule has 0 aliphatic carbocycles. The van der Waals surface area contributed by atoms with Gasteiger partial charge in [-0.2, -0.15) is 0 Å². The van der Waals surface area contributed by atoms with Crippen LogP contribution in [0, 0.1) is 5.92 Å². The minimum absolute atomic E-state index is 0.0894. The smallest absolute Gasteiger partial charge is 0.309 e. The summed E-state index contributed by atoms with van der Waals surface area (Å²) >= 11 is 0. The molecule has 2 aromatic heterocycles. The van der Waals surface area contributed by atoms with Crippen molar-refractivity contribution in [3.05, 3.63) is 138 Å². The van der Waals surface area contributed by atoms with Crippen LogP contribution in [-0.2, 0) is 41.6 Å². The van der Waals surface area contributed by atoms with Crippen molar-refractivity contribution in [2.24, 2.45) is 15.9 Å². The molecule has 4 aromatic rings. The van der Waals surface area contributed by atoms with Gasteiger partial charge in [-0.05, 0) is 131 Å². The third kappa shape index (κ3) is 7.31. The summed E-state index contributed by atoms with van der Waals surface area (Å²) in [4.78, 5) is 32.5. The Hall–Kier alpha value is -5.43. The number of allylic oxidation sites excluding steroid dienone is 4. The van der Waals surface area contributed by atoms with Gasteiger partial charge in [0.15, 0.2) is 0 Å². The lowest BCUT2D eigenvalue weighted by Crippen LogP contribution is -2.23. The highest BCUT2D eigenvalue weighted by atomic mass is 16.5. The molecule has 2 aromatic carbocycles. The second kappa shape index (κ2) is 17.8. The first-order valence-corrected chi connectivity index (χ1v) is 22.1. The Morgan fingerprint density at radius 1 is 0.712 bits per heavy atom. The van der Waals surface area contributed by atoms with Crippen molar-refractivity contribution in [3.63, 3.8) is 0 Å². The number of aliphatic imine (C=N–C) groups is 2. The van der Waals surface area contributed by atoms with E-state index in [0.717, 1.165) is 113 Å². The number of aromatic nitrogens is 2. The van der Waals surface area contributed by atoms with Gasteiger partial charge in [0.2, 0.25) is 0 Å². The molecule has 8 bridgehead atoms. The second-order valence-corrected chi connectivity index (χ2v) is 15.7. The van der Waals surface area contributed by atoms with Gasteiger partial charge < -0.3 is 19.4 Å². The summed E-state index contributed by atoms with van der Waals surface area (Å²) in [7, 11) is 3.19. The van der Waals surface area contributed by atoms with Gasteiger partial charge in [-0.15, -0.1) is 0 Å². The van der Waals surface area contributed by atoms with Crippen LogP contribution in [-0.4, -0.2) is 41.6 Å². The number of nitrogens with one attached hydrogen (secondary N) is 2. The van der Waals surface area contributed by atoms with Crippen LogP contribution < -0.4 is 15.4 Å². The lowest BCUT2D eigenvalue weighted by molar-refractivity contribution is -0.139. The first-order valence-electron chi connectivity index (χ1n) is 22.1. The van der Waals surface area contributed by atoms with Crippen molar-refractivity contribution in [1.29, 1.82) is 0 Å². The molecule has 0 radical (unpaired) electrons. The van der Waals surface area contributed by atoms with Gasteiger partial charge in [0.25, 0.3) is 0 Å². The third-order valence-corrected chi connectivity index (χ3v) is 12.9. The number of fused-ring (bicyclic) bond motifs is 6. The average molecular weight is 791 g/mol. The number of esters is 1. The van der Waals surface area contributed by atoms with Crippen LogP contribution in [0.3, 0.4) is 0 Å². The molecular weight excluding hydrogens is 729 g/mol. The van der Waals surface area contributed by atoms with E-state index in [1.165, 1.54) is 57.3 Å². The molecule has 0 saturated heterocycles. The van der Waals surface area contributed by atoms with Crippen molar-refractivity contribution >= 4 is 35.1 Å². The lowest BCUT2D eigenvalue weighted by atomic mass is 9.83. The van der Waals surface area contributed by atoms with Gasteiger partial charge in [0.05, 0.1) is 49.0 Å². The Labute approximate surface area is 350 Å². The van der Waals surface area contributed by atoms with Crippen LogP contribution in [0.5, 0.6) is 5.75 Å². The maximum atomic E-state index is 13.0. The van der Waals surface area contributed by atoms with Crippen LogP contribution >= 0.6 is 0 Å². The van der Waals surface area contributed by atoms with E-state index in [2.05, 4.69) is 120 Å². The molecule has 2 N–H and O–H groups in total. The topological polar surface area (TPSA) is 91.8 Å². The molecule has 3 aliphatic heterocycles. The van der Waals surface area contributed by atoms with E-state index in [0.29, 0.717) is 0 Å². The Morgan fingerprint density at radius 3 is 2.02 bits per heavy atom. The van der Waals surface area contributed by atoms with E-state index in [1.54, 1.807) is 7.11 Å². The van der Waals surface area contributed by atoms with E-state index in [9.17, 15) is 4.79 Å². The summed E-state index contributed by atoms with van der Waals surface area (Å²) in [6.07, 6.45) is 11.8. The molecule has 7 heteroatoms. The summed E-state index contributed by atoms with van der Waals surface area (Å²) in [5, 5.41) is 2.17. The summed E-state index contributed by atoms with van der Waals surface area (Å²) in [5.74, 6) is 0.676. The summed E-state index contributed by atoms with van der Waals surface area (Å²) in [6.45, 7) is 18.1. The number of benzene rings is 2. The largest absolute Gasteiger partial charge is 0.497 e. The Balaban J connectivity index is 1.69. The fraction of sp³-hybridized carbons (Fsp3) is 0.404. The van der Waals surface area contributed by atoms with Crippen LogP contribution in [0.2, 0.25) is 0 Å². The number of methoxy groups -OCH3 is 2. The van der Waals surface area contributed by atoms with Crippen LogP contribution in [0.4, 0.5) is 0 Å². The lowest BCUT2D eigenvalue weighted by Gasteiger charge is -2.21. The van der Waals surface area contributed by atoms with Gasteiger partial charge >= 0.3 is 5.97 Å². The molecule has 0 saturated carbocycles. The maximum absolute atomic E-state index is 13.0. The molecule has 59 heavy (non-hydrogen) atoms. The van der Waals surface area contributed by atoms with E-state index >= 15 is 0 Å². The quantitative estimate of drug-likeness (QED) is 0.132. The zero-order chi connectivity index (χ0) is 42.0. The minimum atomic E-state index is -0.264. The van der Waals surface area contributed by atoms with E-state index in [-0.39, 0.29) is 24.2 Å². The number of aromatic amines is 2. The zero-order valence-corrected chi connectivity index (χ0v) is 36.9. The highest BCUT2D eigenvalue weighted by molar-refractivity contribution is 6.33. The molecule has 0 amide bonds. The first-order chi connectivity index (χ1) is 28.7. The number of rotatable bonds is 13. The molecule has 3 aliphatic rings. The first kappa shape index (κ1) is 41.7. The van der Waals surface area contributed by atoms with E-state index in [1.807, 2.05) is 6.07 Å². The molecular formula is C52H62N4O3. The number of ether oxygens (including phenoxy) is 2. The van der Waals surface area contributed by atoms with Crippen molar-refractivity contribution in [2.45, 2.75) is 119 Å². The molecule has 5 heterocycles. The highest BCUT2D eigenvalue weighted by Crippen LogP contribution is 2.45. The Bertz CT molecular complexity index is 2550. The molecule has 308 valence electrons.